The zero-order chi connectivity index (χ0) is 12.4. The maximum absolute atomic E-state index is 13.6. The van der Waals surface area contributed by atoms with E-state index < -0.39 is 0 Å². The van der Waals surface area contributed by atoms with Crippen LogP contribution >= 0.6 is 0 Å². The molecule has 0 saturated heterocycles. The van der Waals surface area contributed by atoms with Crippen molar-refractivity contribution < 1.29 is 8.78 Å². The van der Waals surface area contributed by atoms with Crippen LogP contribution in [0.3, 0.4) is 0 Å². The average molecular weight is 233 g/mol. The molecular formula is C14H13F2N. The van der Waals surface area contributed by atoms with Crippen LogP contribution in [-0.2, 0) is 6.54 Å². The first-order valence-corrected chi connectivity index (χ1v) is 5.37. The van der Waals surface area contributed by atoms with E-state index in [1.807, 2.05) is 0 Å². The minimum atomic E-state index is -0.353. The third-order valence-corrected chi connectivity index (χ3v) is 2.85. The van der Waals surface area contributed by atoms with Crippen LogP contribution in [-0.4, -0.2) is 0 Å². The fraction of sp³-hybridized carbons (Fsp3) is 0.143. The highest BCUT2D eigenvalue weighted by Gasteiger charge is 2.08. The lowest BCUT2D eigenvalue weighted by molar-refractivity contribution is 0.610. The average Bonchev–Trinajstić information content (AvgIpc) is 2.32. The van der Waals surface area contributed by atoms with Gasteiger partial charge in [-0.15, -0.1) is 0 Å². The van der Waals surface area contributed by atoms with Gasteiger partial charge in [-0.2, -0.15) is 0 Å². The molecule has 1 nitrogen and oxygen atoms in total. The normalized spacial score (nSPS) is 10.6. The standard InChI is InChI=1S/C14H13F2N/c1-9-12(3-2-4-13(9)15)10-5-6-11(8-17)14(16)7-10/h2-7H,8,17H2,1H3. The van der Waals surface area contributed by atoms with Crippen molar-refractivity contribution in [2.75, 3.05) is 0 Å². The molecule has 0 bridgehead atoms. The lowest BCUT2D eigenvalue weighted by Gasteiger charge is -2.08. The van der Waals surface area contributed by atoms with Crippen LogP contribution < -0.4 is 5.73 Å². The van der Waals surface area contributed by atoms with Gasteiger partial charge < -0.3 is 5.73 Å². The second kappa shape index (κ2) is 4.63. The second-order valence-electron chi connectivity index (χ2n) is 3.92. The fourth-order valence-corrected chi connectivity index (χ4v) is 1.80. The maximum Gasteiger partial charge on any atom is 0.128 e. The highest BCUT2D eigenvalue weighted by atomic mass is 19.1. The molecule has 0 saturated carbocycles. The number of hydrogen-bond acceptors (Lipinski definition) is 1. The van der Waals surface area contributed by atoms with Gasteiger partial charge in [0, 0.05) is 12.1 Å². The lowest BCUT2D eigenvalue weighted by atomic mass is 9.99. The van der Waals surface area contributed by atoms with Gasteiger partial charge in [0.15, 0.2) is 0 Å². The van der Waals surface area contributed by atoms with Crippen molar-refractivity contribution in [3.63, 3.8) is 0 Å². The maximum atomic E-state index is 13.6. The van der Waals surface area contributed by atoms with Crippen molar-refractivity contribution in [2.24, 2.45) is 5.73 Å². The number of hydrogen-bond donors (Lipinski definition) is 1. The predicted octanol–water partition coefficient (Wildman–Crippen LogP) is 3.40. The van der Waals surface area contributed by atoms with Crippen molar-refractivity contribution >= 4 is 0 Å². The zero-order valence-electron chi connectivity index (χ0n) is 9.50. The summed E-state index contributed by atoms with van der Waals surface area (Å²) in [4.78, 5) is 0. The van der Waals surface area contributed by atoms with Crippen LogP contribution in [0.15, 0.2) is 36.4 Å². The highest BCUT2D eigenvalue weighted by Crippen LogP contribution is 2.26. The van der Waals surface area contributed by atoms with E-state index in [2.05, 4.69) is 0 Å². The van der Waals surface area contributed by atoms with Crippen LogP contribution in [0.5, 0.6) is 0 Å². The van der Waals surface area contributed by atoms with E-state index in [-0.39, 0.29) is 18.2 Å². The molecule has 0 fully saturated rings. The Hall–Kier alpha value is -1.74. The van der Waals surface area contributed by atoms with Crippen LogP contribution in [0.25, 0.3) is 11.1 Å². The molecule has 0 aromatic heterocycles. The molecule has 17 heavy (non-hydrogen) atoms. The molecule has 0 aliphatic heterocycles. The van der Waals surface area contributed by atoms with Crippen LogP contribution in [0, 0.1) is 18.6 Å². The molecule has 2 rings (SSSR count). The summed E-state index contributed by atoms with van der Waals surface area (Å²) in [5.74, 6) is -0.639. The van der Waals surface area contributed by atoms with Crippen molar-refractivity contribution in [1.82, 2.24) is 0 Å². The predicted molar refractivity (Wildman–Crippen MR) is 64.4 cm³/mol. The van der Waals surface area contributed by atoms with Crippen molar-refractivity contribution in [2.45, 2.75) is 13.5 Å². The Morgan fingerprint density at radius 2 is 1.82 bits per heavy atom. The Balaban J connectivity index is 2.54. The quantitative estimate of drug-likeness (QED) is 0.845. The summed E-state index contributed by atoms with van der Waals surface area (Å²) >= 11 is 0. The molecule has 0 aliphatic rings. The molecule has 2 N–H and O–H groups in total. The topological polar surface area (TPSA) is 26.0 Å². The van der Waals surface area contributed by atoms with E-state index in [1.165, 1.54) is 12.1 Å². The van der Waals surface area contributed by atoms with Gasteiger partial charge in [0.05, 0.1) is 0 Å². The molecule has 0 unspecified atom stereocenters. The number of nitrogens with two attached hydrogens (primary N) is 1. The summed E-state index contributed by atoms with van der Waals surface area (Å²) in [5.41, 5.74) is 7.74. The van der Waals surface area contributed by atoms with Crippen molar-refractivity contribution in [1.29, 1.82) is 0 Å². The molecular weight excluding hydrogens is 220 g/mol. The van der Waals surface area contributed by atoms with Crippen LogP contribution in [0.4, 0.5) is 8.78 Å². The van der Waals surface area contributed by atoms with E-state index in [4.69, 9.17) is 5.73 Å². The summed E-state index contributed by atoms with van der Waals surface area (Å²) in [6.45, 7) is 1.84. The monoisotopic (exact) mass is 233 g/mol. The van der Waals surface area contributed by atoms with Crippen LogP contribution in [0.1, 0.15) is 11.1 Å². The second-order valence-corrected chi connectivity index (χ2v) is 3.92. The van der Waals surface area contributed by atoms with Gasteiger partial charge in [0.25, 0.3) is 0 Å². The fourth-order valence-electron chi connectivity index (χ4n) is 1.80. The number of halogens is 2. The molecule has 0 radical (unpaired) electrons. The van der Waals surface area contributed by atoms with Gasteiger partial charge in [-0.25, -0.2) is 8.78 Å². The molecule has 0 heterocycles. The summed E-state index contributed by atoms with van der Waals surface area (Å²) in [7, 11) is 0. The third kappa shape index (κ3) is 2.19. The van der Waals surface area contributed by atoms with Crippen LogP contribution in [0.2, 0.25) is 0 Å². The zero-order valence-corrected chi connectivity index (χ0v) is 9.50. The van der Waals surface area contributed by atoms with Gasteiger partial charge >= 0.3 is 0 Å². The van der Waals surface area contributed by atoms with E-state index in [0.29, 0.717) is 22.3 Å². The van der Waals surface area contributed by atoms with E-state index in [0.717, 1.165) is 0 Å². The molecule has 0 aliphatic carbocycles. The van der Waals surface area contributed by atoms with Gasteiger partial charge in [0.2, 0.25) is 0 Å². The summed E-state index contributed by atoms with van der Waals surface area (Å²) in [5, 5.41) is 0. The minimum absolute atomic E-state index is 0.161. The van der Waals surface area contributed by atoms with E-state index in [1.54, 1.807) is 31.2 Å². The first-order chi connectivity index (χ1) is 8.13. The number of benzene rings is 2. The van der Waals surface area contributed by atoms with Gasteiger partial charge in [-0.3, -0.25) is 0 Å². The van der Waals surface area contributed by atoms with Gasteiger partial charge in [0.1, 0.15) is 11.6 Å². The summed E-state index contributed by atoms with van der Waals surface area (Å²) in [6.07, 6.45) is 0. The van der Waals surface area contributed by atoms with E-state index in [9.17, 15) is 8.78 Å². The third-order valence-electron chi connectivity index (χ3n) is 2.85. The first kappa shape index (κ1) is 11.7. The first-order valence-electron chi connectivity index (χ1n) is 5.37. The molecule has 2 aromatic rings. The highest BCUT2D eigenvalue weighted by molar-refractivity contribution is 5.67. The van der Waals surface area contributed by atoms with Crippen molar-refractivity contribution in [3.05, 3.63) is 59.2 Å². The number of rotatable bonds is 2. The molecule has 0 amide bonds. The SMILES string of the molecule is Cc1c(F)cccc1-c1ccc(CN)c(F)c1. The minimum Gasteiger partial charge on any atom is -0.326 e. The molecule has 88 valence electrons. The van der Waals surface area contributed by atoms with Gasteiger partial charge in [-0.1, -0.05) is 24.3 Å². The Bertz CT molecular complexity index is 550. The van der Waals surface area contributed by atoms with Crippen molar-refractivity contribution in [3.8, 4) is 11.1 Å². The Morgan fingerprint density at radius 3 is 2.47 bits per heavy atom. The largest absolute Gasteiger partial charge is 0.326 e. The van der Waals surface area contributed by atoms with E-state index >= 15 is 0 Å². The molecule has 0 atom stereocenters. The Morgan fingerprint density at radius 1 is 1.06 bits per heavy atom. The smallest absolute Gasteiger partial charge is 0.128 e. The lowest BCUT2D eigenvalue weighted by Crippen LogP contribution is -1.99. The van der Waals surface area contributed by atoms with Gasteiger partial charge in [-0.05, 0) is 35.7 Å². The Kier molecular flexibility index (Phi) is 3.20. The Labute approximate surface area is 98.9 Å². The molecule has 2 aromatic carbocycles. The summed E-state index contributed by atoms with van der Waals surface area (Å²) in [6, 6.07) is 9.57. The molecule has 3 heteroatoms. The molecule has 0 spiro atoms. The summed E-state index contributed by atoms with van der Waals surface area (Å²) < 4.78 is 27.0.